The molecule has 0 unspecified atom stereocenters. The van der Waals surface area contributed by atoms with E-state index >= 15 is 0 Å². The van der Waals surface area contributed by atoms with Crippen molar-refractivity contribution in [2.45, 2.75) is 38.1 Å². The number of carbonyl (C=O) groups excluding carboxylic acids is 1. The molecule has 1 aromatic rings. The zero-order valence-electron chi connectivity index (χ0n) is 9.69. The van der Waals surface area contributed by atoms with E-state index in [0.29, 0.717) is 5.13 Å². The molecule has 3 N–H and O–H groups in total. The van der Waals surface area contributed by atoms with Gasteiger partial charge in [-0.15, -0.1) is 10.2 Å². The van der Waals surface area contributed by atoms with Gasteiger partial charge in [-0.05, 0) is 25.7 Å². The number of aliphatic hydroxyl groups is 1. The summed E-state index contributed by atoms with van der Waals surface area (Å²) < 4.78 is 0. The van der Waals surface area contributed by atoms with Crippen LogP contribution < -0.4 is 10.6 Å². The lowest BCUT2D eigenvalue weighted by Gasteiger charge is -2.40. The van der Waals surface area contributed by atoms with E-state index in [0.717, 1.165) is 30.7 Å². The summed E-state index contributed by atoms with van der Waals surface area (Å²) in [4.78, 5) is 11.7. The van der Waals surface area contributed by atoms with Crippen LogP contribution >= 0.6 is 11.3 Å². The first kappa shape index (κ1) is 12.3. The van der Waals surface area contributed by atoms with Crippen LogP contribution in [-0.2, 0) is 6.42 Å². The van der Waals surface area contributed by atoms with Gasteiger partial charge in [0, 0.05) is 0 Å². The molecule has 6 nitrogen and oxygen atoms in total. The highest BCUT2D eigenvalue weighted by Gasteiger charge is 2.37. The SMILES string of the molecule is CCc1nnc(NC(=O)NC2(CO)CCC2)s1. The fourth-order valence-corrected chi connectivity index (χ4v) is 2.42. The maximum atomic E-state index is 11.7. The standard InChI is InChI=1S/C10H16N4O2S/c1-2-7-13-14-9(17-7)11-8(16)12-10(6-15)4-3-5-10/h15H,2-6H2,1H3,(H2,11,12,14,16). The van der Waals surface area contributed by atoms with E-state index in [1.807, 2.05) is 6.92 Å². The Hall–Kier alpha value is -1.21. The average Bonchev–Trinajstić information content (AvgIpc) is 2.71. The Morgan fingerprint density at radius 1 is 1.53 bits per heavy atom. The first-order valence-corrected chi connectivity index (χ1v) is 6.51. The molecular formula is C10H16N4O2S. The monoisotopic (exact) mass is 256 g/mol. The molecule has 0 spiro atoms. The van der Waals surface area contributed by atoms with Crippen molar-refractivity contribution >= 4 is 22.5 Å². The maximum Gasteiger partial charge on any atom is 0.321 e. The van der Waals surface area contributed by atoms with Crippen LogP contribution in [0, 0.1) is 0 Å². The average molecular weight is 256 g/mol. The van der Waals surface area contributed by atoms with Crippen LogP contribution in [0.15, 0.2) is 0 Å². The lowest BCUT2D eigenvalue weighted by Crippen LogP contribution is -2.57. The first-order valence-electron chi connectivity index (χ1n) is 5.70. The smallest absolute Gasteiger partial charge is 0.321 e. The van der Waals surface area contributed by atoms with Crippen molar-refractivity contribution in [3.8, 4) is 0 Å². The van der Waals surface area contributed by atoms with E-state index in [4.69, 9.17) is 0 Å². The van der Waals surface area contributed by atoms with Gasteiger partial charge in [0.1, 0.15) is 5.01 Å². The van der Waals surface area contributed by atoms with Crippen molar-refractivity contribution < 1.29 is 9.90 Å². The van der Waals surface area contributed by atoms with Crippen molar-refractivity contribution in [2.24, 2.45) is 0 Å². The molecule has 1 heterocycles. The van der Waals surface area contributed by atoms with E-state index in [-0.39, 0.29) is 12.6 Å². The second-order valence-electron chi connectivity index (χ2n) is 4.23. The number of amides is 2. The lowest BCUT2D eigenvalue weighted by atomic mass is 9.77. The molecule has 0 aliphatic heterocycles. The number of hydrogen-bond donors (Lipinski definition) is 3. The highest BCUT2D eigenvalue weighted by molar-refractivity contribution is 7.15. The fraction of sp³-hybridized carbons (Fsp3) is 0.700. The van der Waals surface area contributed by atoms with Gasteiger partial charge in [0.2, 0.25) is 5.13 Å². The molecular weight excluding hydrogens is 240 g/mol. The van der Waals surface area contributed by atoms with Crippen LogP contribution in [0.3, 0.4) is 0 Å². The normalized spacial score (nSPS) is 17.3. The number of nitrogens with one attached hydrogen (secondary N) is 2. The molecule has 2 amide bonds. The number of aromatic nitrogens is 2. The van der Waals surface area contributed by atoms with Gasteiger partial charge in [-0.25, -0.2) is 4.79 Å². The molecule has 17 heavy (non-hydrogen) atoms. The van der Waals surface area contributed by atoms with Gasteiger partial charge >= 0.3 is 6.03 Å². The molecule has 1 aliphatic carbocycles. The second-order valence-corrected chi connectivity index (χ2v) is 5.29. The summed E-state index contributed by atoms with van der Waals surface area (Å²) in [5.74, 6) is 0. The first-order chi connectivity index (χ1) is 8.17. The largest absolute Gasteiger partial charge is 0.394 e. The maximum absolute atomic E-state index is 11.7. The third-order valence-corrected chi connectivity index (χ3v) is 3.96. The van der Waals surface area contributed by atoms with Gasteiger partial charge < -0.3 is 10.4 Å². The molecule has 0 atom stereocenters. The number of urea groups is 1. The Kier molecular flexibility index (Phi) is 3.58. The predicted molar refractivity (Wildman–Crippen MR) is 65.1 cm³/mol. The summed E-state index contributed by atoms with van der Waals surface area (Å²) in [6, 6.07) is -0.322. The lowest BCUT2D eigenvalue weighted by molar-refractivity contribution is 0.0984. The van der Waals surface area contributed by atoms with Crippen molar-refractivity contribution in [2.75, 3.05) is 11.9 Å². The summed E-state index contributed by atoms with van der Waals surface area (Å²) in [6.07, 6.45) is 3.50. The van der Waals surface area contributed by atoms with Gasteiger partial charge in [-0.1, -0.05) is 18.3 Å². The van der Waals surface area contributed by atoms with E-state index in [1.54, 1.807) is 0 Å². The summed E-state index contributed by atoms with van der Waals surface area (Å²) in [5.41, 5.74) is -0.428. The quantitative estimate of drug-likeness (QED) is 0.754. The van der Waals surface area contributed by atoms with Crippen molar-refractivity contribution in [1.82, 2.24) is 15.5 Å². The molecule has 0 radical (unpaired) electrons. The Morgan fingerprint density at radius 3 is 2.76 bits per heavy atom. The molecule has 0 aromatic carbocycles. The highest BCUT2D eigenvalue weighted by atomic mass is 32.1. The van der Waals surface area contributed by atoms with E-state index in [9.17, 15) is 9.90 Å². The van der Waals surface area contributed by atoms with Crippen LogP contribution in [-0.4, -0.2) is 33.5 Å². The summed E-state index contributed by atoms with van der Waals surface area (Å²) >= 11 is 1.36. The van der Waals surface area contributed by atoms with Crippen molar-refractivity contribution in [3.05, 3.63) is 5.01 Å². The Balaban J connectivity index is 1.88. The third kappa shape index (κ3) is 2.73. The molecule has 2 rings (SSSR count). The molecule has 0 bridgehead atoms. The second kappa shape index (κ2) is 4.97. The minimum Gasteiger partial charge on any atom is -0.394 e. The zero-order chi connectivity index (χ0) is 12.3. The van der Waals surface area contributed by atoms with Crippen molar-refractivity contribution in [3.63, 3.8) is 0 Å². The fourth-order valence-electron chi connectivity index (χ4n) is 1.74. The van der Waals surface area contributed by atoms with Crippen LogP contribution in [0.4, 0.5) is 9.93 Å². The van der Waals surface area contributed by atoms with Gasteiger partial charge in [0.05, 0.1) is 12.1 Å². The minimum atomic E-state index is -0.428. The van der Waals surface area contributed by atoms with Gasteiger partial charge in [0.25, 0.3) is 0 Å². The van der Waals surface area contributed by atoms with Crippen molar-refractivity contribution in [1.29, 1.82) is 0 Å². The predicted octanol–water partition coefficient (Wildman–Crippen LogP) is 1.14. The number of aliphatic hydroxyl groups excluding tert-OH is 1. The summed E-state index contributed by atoms with van der Waals surface area (Å²) in [7, 11) is 0. The molecule has 1 aliphatic rings. The molecule has 1 aromatic heterocycles. The third-order valence-electron chi connectivity index (χ3n) is 2.98. The van der Waals surface area contributed by atoms with Crippen LogP contribution in [0.1, 0.15) is 31.2 Å². The van der Waals surface area contributed by atoms with Gasteiger partial charge in [-0.2, -0.15) is 0 Å². The number of rotatable bonds is 4. The zero-order valence-corrected chi connectivity index (χ0v) is 10.5. The molecule has 1 saturated carbocycles. The van der Waals surface area contributed by atoms with Crippen LogP contribution in [0.5, 0.6) is 0 Å². The topological polar surface area (TPSA) is 87.1 Å². The molecule has 1 fully saturated rings. The number of nitrogens with zero attached hydrogens (tertiary/aromatic N) is 2. The number of anilines is 1. The van der Waals surface area contributed by atoms with E-state index in [2.05, 4.69) is 20.8 Å². The number of aryl methyl sites for hydroxylation is 1. The number of hydrogen-bond acceptors (Lipinski definition) is 5. The Labute approximate surface area is 103 Å². The minimum absolute atomic E-state index is 0.0171. The Morgan fingerprint density at radius 2 is 2.29 bits per heavy atom. The Bertz CT molecular complexity index is 397. The number of carbonyl (C=O) groups is 1. The highest BCUT2D eigenvalue weighted by Crippen LogP contribution is 2.31. The summed E-state index contributed by atoms with van der Waals surface area (Å²) in [6.45, 7) is 1.97. The van der Waals surface area contributed by atoms with Crippen LogP contribution in [0.2, 0.25) is 0 Å². The van der Waals surface area contributed by atoms with E-state index < -0.39 is 5.54 Å². The summed E-state index contributed by atoms with van der Waals surface area (Å²) in [5, 5.41) is 23.8. The van der Waals surface area contributed by atoms with Gasteiger partial charge in [-0.3, -0.25) is 5.32 Å². The molecule has 0 saturated heterocycles. The molecule has 94 valence electrons. The van der Waals surface area contributed by atoms with E-state index in [1.165, 1.54) is 11.3 Å². The van der Waals surface area contributed by atoms with Crippen LogP contribution in [0.25, 0.3) is 0 Å². The van der Waals surface area contributed by atoms with Gasteiger partial charge in [0.15, 0.2) is 0 Å². The molecule has 7 heteroatoms.